The number of aliphatic hydroxyl groups is 8. The predicted molar refractivity (Wildman–Crippen MR) is 526 cm³/mol. The smallest absolute Gasteiger partial charge is 0.417 e. The van der Waals surface area contributed by atoms with Crippen LogP contribution >= 0.6 is 31.1 Å². The predicted octanol–water partition coefficient (Wildman–Crippen LogP) is 5.22. The molecule has 0 spiro atoms. The minimum Gasteiger partial charge on any atom is -0.550 e. The van der Waals surface area contributed by atoms with Crippen LogP contribution in [0.3, 0.4) is 0 Å². The number of nitrogens with zero attached hydrogens (tertiary/aromatic N) is 4. The van der Waals surface area contributed by atoms with Crippen molar-refractivity contribution in [2.75, 3.05) is 86.7 Å². The highest BCUT2D eigenvalue weighted by Crippen LogP contribution is 2.71. The molecule has 5 saturated heterocycles. The SMILES string of the molecule is CC(=O)[O-].CCCCCCCCCCC(=O)N[C@H]1[C@H](Oc2c3cc4cc2Oc2ccc(cc2Cl)[C@@H](O)[C@@H]2NC(=O)[C@H](NC(=O)[C@@H]4NC(=O)[C@H]4NC(=O)[C@@H](Cc5ccc(cc5)O3)NC(=O)[C@H](NC)c3ccc(O)c(c3)Oc3cc(O[P+](N5CCCC5)(N5CCCC5)N5CCCC5)c(Cl)c4c3)c3ccc(O)c(c3)-c3c(O[C@H]4O[C@H](CO)[C@@H](O)[C@H](O)[C@@H]4O)cc(O)cc3[C@H](C(=O)NCCCN(C)C)NC2=O)O[C@H](CO)[C@@H](O)[C@@H]1O. The number of phenols is 3. The summed E-state index contributed by atoms with van der Waals surface area (Å²) in [6, 6.07) is 8.33. The summed E-state index contributed by atoms with van der Waals surface area (Å²) >= 11 is 15.5. The molecule has 0 saturated carbocycles. The highest BCUT2D eigenvalue weighted by molar-refractivity contribution is 7.64. The first-order valence-corrected chi connectivity index (χ1v) is 51.5. The van der Waals surface area contributed by atoms with Gasteiger partial charge in [-0.05, 0) is 192 Å². The summed E-state index contributed by atoms with van der Waals surface area (Å²) in [6.07, 6.45) is -7.70. The topological polar surface area (TPSA) is 594 Å². The molecule has 45 heteroatoms. The van der Waals surface area contributed by atoms with Crippen LogP contribution in [0.4, 0.5) is 0 Å². The third kappa shape index (κ3) is 24.7. The van der Waals surface area contributed by atoms with E-state index in [1.54, 1.807) is 26.2 Å². The first-order chi connectivity index (χ1) is 70.1. The number of likely N-dealkylation sites (N-methyl/N-ethyl adjacent to an activating group) is 1. The lowest BCUT2D eigenvalue weighted by Gasteiger charge is -2.42. The molecule has 788 valence electrons. The average Bonchev–Trinajstić information content (AvgIpc) is 1.55. The van der Waals surface area contributed by atoms with Crippen molar-refractivity contribution in [1.29, 1.82) is 0 Å². The van der Waals surface area contributed by atoms with E-state index in [-0.39, 0.29) is 75.4 Å². The van der Waals surface area contributed by atoms with E-state index in [0.29, 0.717) is 70.6 Å². The van der Waals surface area contributed by atoms with Crippen molar-refractivity contribution in [2.24, 2.45) is 0 Å². The van der Waals surface area contributed by atoms with Crippen molar-refractivity contribution in [2.45, 2.75) is 233 Å². The molecule has 5 fully saturated rings. The van der Waals surface area contributed by atoms with Crippen molar-refractivity contribution in [3.05, 3.63) is 164 Å². The number of halogens is 2. The zero-order valence-corrected chi connectivity index (χ0v) is 83.6. The van der Waals surface area contributed by atoms with Gasteiger partial charge >= 0.3 is 7.94 Å². The summed E-state index contributed by atoms with van der Waals surface area (Å²) in [4.78, 5) is 140. The Hall–Kier alpha value is -11.6. The molecule has 17 bridgehead atoms. The van der Waals surface area contributed by atoms with Crippen LogP contribution in [0.2, 0.25) is 10.0 Å². The Labute approximate surface area is 852 Å². The van der Waals surface area contributed by atoms with Crippen LogP contribution < -0.4 is 81.2 Å². The fourth-order valence-corrected chi connectivity index (χ4v) is 24.4. The Morgan fingerprint density at radius 1 is 0.534 bits per heavy atom. The van der Waals surface area contributed by atoms with Crippen molar-refractivity contribution >= 4 is 84.4 Å². The summed E-state index contributed by atoms with van der Waals surface area (Å²) in [7, 11) is 1.87. The number of aromatic hydroxyl groups is 3. The molecule has 0 radical (unpaired) electrons. The zero-order valence-electron chi connectivity index (χ0n) is 81.2. The molecule has 7 aromatic carbocycles. The molecule has 18 rings (SSSR count). The third-order valence-electron chi connectivity index (χ3n) is 27.2. The second kappa shape index (κ2) is 48.6. The number of nitrogens with one attached hydrogen (secondary N) is 9. The van der Waals surface area contributed by atoms with Gasteiger partial charge in [0.1, 0.15) is 132 Å². The number of hydrogen-bond donors (Lipinski definition) is 20. The lowest BCUT2D eigenvalue weighted by molar-refractivity contribution is -0.302. The van der Waals surface area contributed by atoms with Crippen LogP contribution in [0.15, 0.2) is 115 Å². The molecule has 11 aliphatic rings. The molecule has 20 N–H and O–H groups in total. The van der Waals surface area contributed by atoms with E-state index in [2.05, 4.69) is 68.8 Å². The quantitative estimate of drug-likeness (QED) is 0.0232. The summed E-state index contributed by atoms with van der Waals surface area (Å²) < 4.78 is 61.1. The molecule has 42 nitrogen and oxygen atoms in total. The minimum atomic E-state index is -3.20. The molecule has 7 aromatic rings. The first-order valence-electron chi connectivity index (χ1n) is 49.2. The fourth-order valence-electron chi connectivity index (χ4n) is 19.6. The van der Waals surface area contributed by atoms with Gasteiger partial charge in [-0.2, -0.15) is 0 Å². The van der Waals surface area contributed by atoms with E-state index in [1.165, 1.54) is 67.7 Å². The van der Waals surface area contributed by atoms with Crippen molar-refractivity contribution < 1.29 is 142 Å². The van der Waals surface area contributed by atoms with Crippen molar-refractivity contribution in [1.82, 2.24) is 66.8 Å². The van der Waals surface area contributed by atoms with E-state index in [9.17, 15) is 61.0 Å². The van der Waals surface area contributed by atoms with E-state index in [0.717, 1.165) is 126 Å². The number of unbranched alkanes of at least 4 members (excludes halogenated alkanes) is 7. The maximum Gasteiger partial charge on any atom is 0.417 e. The average molecular weight is 2090 g/mol. The van der Waals surface area contributed by atoms with Gasteiger partial charge in [0.15, 0.2) is 23.0 Å². The minimum absolute atomic E-state index is 0.0589. The van der Waals surface area contributed by atoms with Gasteiger partial charge < -0.3 is 152 Å². The van der Waals surface area contributed by atoms with Gasteiger partial charge in [-0.15, -0.1) is 14.0 Å². The van der Waals surface area contributed by atoms with E-state index < -0.39 is 252 Å². The number of carbonyl (C=O) groups excluding carboxylic acids is 9. The monoisotopic (exact) mass is 2090 g/mol. The highest BCUT2D eigenvalue weighted by atomic mass is 35.5. The number of aliphatic carboxylic acids is 1. The van der Waals surface area contributed by atoms with Gasteiger partial charge in [0.25, 0.3) is 0 Å². The standard InChI is InChI=1S/C99H122Cl2N13O27P.C2H4O2/c1-5-6-7-8-9-10-11-12-20-74(120)105-83-87(124)85(122)72(49-115)138-98(83)140-90-70-43-55-44-71(90)136-66-30-25-54(41-62(66)100)84(121)82-97(133)109-80(92(128)103-31-19-32-111(3)4)60-45-56(117)46-68(137-99-89(126)88(125)86(123)73(50-116)139-99)75(60)59-40-52(23-28-64(59)118)78(94(130)110-82)106-95(131)79(55)107-96(132)81-61-47-58(48-69(76(61)101)141-142(112-33-13-14-34-112,113-35-15-16-36-113)114-37-17-18-38-114)135-67-42-53(24-29-65(67)119)77(102-2)93(129)104-63(91(127)108-81)39-51-21-26-57(134-70)27-22-51;1-2(3)4/h21-30,40-48,63,72-73,77-89,98-99,102,115-116,121-126H,5-20,31-39,49-50H2,1-4H3,(H10-,103,104,105,106,107,108,109,110,117,118,119,120,127,128,129,130,131,132,133);1H3,(H,3,4)/t63-,72-,73-,77-,78-,79-,80-,81+,82+,83-,84-,85-,86-,87-,88+,89+,98+,99+;/m1./s1. The summed E-state index contributed by atoms with van der Waals surface area (Å²) in [5, 5.41) is 162. The molecule has 11 aliphatic heterocycles. The maximum absolute atomic E-state index is 17.4. The van der Waals surface area contributed by atoms with Crippen LogP contribution in [0.25, 0.3) is 11.1 Å². The largest absolute Gasteiger partial charge is 0.550 e. The third-order valence-corrected chi connectivity index (χ3v) is 31.7. The van der Waals surface area contributed by atoms with Crippen LogP contribution in [0, 0.1) is 0 Å². The Morgan fingerprint density at radius 3 is 1.73 bits per heavy atom. The molecule has 8 amide bonds. The lowest BCUT2D eigenvalue weighted by atomic mass is 9.89. The fraction of sp³-hybridized carbons (Fsp3) is 0.495. The molecular weight excluding hydrogens is 1960 g/mol. The van der Waals surface area contributed by atoms with Crippen molar-refractivity contribution in [3.8, 4) is 80.1 Å². The van der Waals surface area contributed by atoms with Crippen LogP contribution in [-0.4, -0.2) is 288 Å². The molecular formula is C101H126Cl2N13O29P. The van der Waals surface area contributed by atoms with Gasteiger partial charge in [-0.25, -0.2) is 0 Å². The number of aliphatic hydroxyl groups excluding tert-OH is 8. The van der Waals surface area contributed by atoms with Crippen LogP contribution in [-0.2, 0) is 59.0 Å². The Bertz CT molecular complexity index is 5840. The van der Waals surface area contributed by atoms with Crippen molar-refractivity contribution in [3.63, 3.8) is 0 Å². The van der Waals surface area contributed by atoms with E-state index in [1.807, 2.05) is 4.90 Å². The van der Waals surface area contributed by atoms with Crippen LogP contribution in [0.5, 0.6) is 69.0 Å². The molecule has 0 aliphatic carbocycles. The number of carboxylic acid groups (broad SMARTS) is 1. The number of amides is 8. The molecule has 0 unspecified atom stereocenters. The van der Waals surface area contributed by atoms with Gasteiger partial charge in [0.2, 0.25) is 71.3 Å². The molecule has 146 heavy (non-hydrogen) atoms. The number of hydrogen-bond acceptors (Lipinski definition) is 34. The summed E-state index contributed by atoms with van der Waals surface area (Å²) in [5.41, 5.74) is -2.01. The number of rotatable bonds is 27. The van der Waals surface area contributed by atoms with Gasteiger partial charge in [-0.3, -0.25) is 42.9 Å². The number of ether oxygens (including phenoxy) is 7. The Kier molecular flexibility index (Phi) is 36.1. The number of carboxylic acids is 1. The number of benzene rings is 7. The highest BCUT2D eigenvalue weighted by Gasteiger charge is 2.63. The Morgan fingerprint density at radius 2 is 1.10 bits per heavy atom. The molecule has 18 atom stereocenters. The molecule has 11 heterocycles. The number of phenolic OH excluding ortho intramolecular Hbond substituents is 3. The second-order valence-corrected chi connectivity index (χ2v) is 41.6. The normalized spacial score (nSPS) is 26.1. The van der Waals surface area contributed by atoms with Crippen LogP contribution in [0.1, 0.15) is 192 Å². The summed E-state index contributed by atoms with van der Waals surface area (Å²) in [6.45, 7) is 5.30. The lowest BCUT2D eigenvalue weighted by Crippen LogP contribution is -2.65. The molecule has 0 aromatic heterocycles. The maximum atomic E-state index is 17.4. The summed E-state index contributed by atoms with van der Waals surface area (Å²) in [5.74, 6) is -14.9. The van der Waals surface area contributed by atoms with E-state index in [4.69, 9.17) is 70.8 Å². The van der Waals surface area contributed by atoms with Gasteiger partial charge in [0.05, 0.1) is 23.3 Å². The van der Waals surface area contributed by atoms with E-state index >= 15 is 33.6 Å². The number of fused-ring (bicyclic) bond motifs is 14. The zero-order chi connectivity index (χ0) is 104. The van der Waals surface area contributed by atoms with Gasteiger partial charge in [-0.1, -0.05) is 105 Å². The number of carbonyl (C=O) groups is 9. The second-order valence-electron chi connectivity index (χ2n) is 37.9. The Balaban J connectivity index is 0.00000393. The first kappa shape index (κ1) is 109. The van der Waals surface area contributed by atoms with Gasteiger partial charge in [0, 0.05) is 93.4 Å².